The Kier molecular flexibility index (Phi) is 6.96. The van der Waals surface area contributed by atoms with E-state index in [9.17, 15) is 14.4 Å². The number of ether oxygens (including phenoxy) is 1. The van der Waals surface area contributed by atoms with Crippen LogP contribution in [0.3, 0.4) is 0 Å². The molecule has 0 fully saturated rings. The molecule has 18 heavy (non-hydrogen) atoms. The molecule has 0 heterocycles. The largest absolute Gasteiger partial charge is 0.480 e. The van der Waals surface area contributed by atoms with E-state index in [-0.39, 0.29) is 6.54 Å². The van der Waals surface area contributed by atoms with Crippen molar-refractivity contribution in [1.82, 2.24) is 10.6 Å². The molecular formula is C11H20N2O5. The Bertz CT molecular complexity index is 298. The zero-order chi connectivity index (χ0) is 14.2. The van der Waals surface area contributed by atoms with Crippen LogP contribution in [0.25, 0.3) is 0 Å². The summed E-state index contributed by atoms with van der Waals surface area (Å²) in [6.07, 6.45) is 0.223. The summed E-state index contributed by atoms with van der Waals surface area (Å²) in [6.45, 7) is 5.29. The number of alkyl carbamates (subject to hydrolysis) is 1. The minimum absolute atomic E-state index is 0.183. The van der Waals surface area contributed by atoms with Gasteiger partial charge in [-0.1, -0.05) is 0 Å². The molecular weight excluding hydrogens is 240 g/mol. The SMILES string of the molecule is CC(C)(C)OC(=O)NC(C=O)CCNCC(=O)O. The van der Waals surface area contributed by atoms with Crippen molar-refractivity contribution in [2.45, 2.75) is 38.8 Å². The third kappa shape index (κ3) is 9.59. The minimum Gasteiger partial charge on any atom is -0.480 e. The molecule has 0 aromatic heterocycles. The smallest absolute Gasteiger partial charge is 0.408 e. The van der Waals surface area contributed by atoms with Gasteiger partial charge in [0.2, 0.25) is 0 Å². The average molecular weight is 260 g/mol. The molecule has 0 aromatic rings. The number of rotatable bonds is 7. The van der Waals surface area contributed by atoms with Crippen LogP contribution in [0.1, 0.15) is 27.2 Å². The average Bonchev–Trinajstić information content (AvgIpc) is 2.19. The number of aldehydes is 1. The second-order valence-electron chi connectivity index (χ2n) is 4.75. The zero-order valence-corrected chi connectivity index (χ0v) is 10.9. The first-order valence-corrected chi connectivity index (χ1v) is 5.62. The highest BCUT2D eigenvalue weighted by Gasteiger charge is 2.18. The van der Waals surface area contributed by atoms with Crippen LogP contribution in [0.5, 0.6) is 0 Å². The molecule has 3 N–H and O–H groups in total. The molecule has 1 amide bonds. The monoisotopic (exact) mass is 260 g/mol. The highest BCUT2D eigenvalue weighted by atomic mass is 16.6. The van der Waals surface area contributed by atoms with Crippen LogP contribution in [0, 0.1) is 0 Å². The van der Waals surface area contributed by atoms with Crippen molar-refractivity contribution in [1.29, 1.82) is 0 Å². The fourth-order valence-corrected chi connectivity index (χ4v) is 1.09. The summed E-state index contributed by atoms with van der Waals surface area (Å²) in [5.41, 5.74) is -0.626. The van der Waals surface area contributed by atoms with E-state index in [0.29, 0.717) is 19.3 Å². The van der Waals surface area contributed by atoms with Crippen molar-refractivity contribution < 1.29 is 24.2 Å². The van der Waals surface area contributed by atoms with Gasteiger partial charge in [-0.3, -0.25) is 4.79 Å². The fraction of sp³-hybridized carbons (Fsp3) is 0.727. The Hall–Kier alpha value is -1.63. The minimum atomic E-state index is -0.974. The first kappa shape index (κ1) is 16.4. The first-order valence-electron chi connectivity index (χ1n) is 5.62. The van der Waals surface area contributed by atoms with E-state index in [2.05, 4.69) is 10.6 Å². The molecule has 0 radical (unpaired) electrons. The summed E-state index contributed by atoms with van der Waals surface area (Å²) < 4.78 is 4.99. The first-order chi connectivity index (χ1) is 8.24. The quantitative estimate of drug-likeness (QED) is 0.444. The molecule has 0 aliphatic rings. The normalized spacial score (nSPS) is 12.6. The number of hydrogen-bond acceptors (Lipinski definition) is 5. The van der Waals surface area contributed by atoms with Gasteiger partial charge in [0, 0.05) is 0 Å². The predicted molar refractivity (Wildman–Crippen MR) is 64.3 cm³/mol. The van der Waals surface area contributed by atoms with Gasteiger partial charge < -0.3 is 25.3 Å². The molecule has 7 nitrogen and oxygen atoms in total. The third-order valence-electron chi connectivity index (χ3n) is 1.77. The summed E-state index contributed by atoms with van der Waals surface area (Å²) in [5, 5.41) is 13.4. The van der Waals surface area contributed by atoms with Crippen LogP contribution in [0.4, 0.5) is 4.79 Å². The van der Waals surface area contributed by atoms with Crippen molar-refractivity contribution in [3.05, 3.63) is 0 Å². The van der Waals surface area contributed by atoms with Crippen LogP contribution < -0.4 is 10.6 Å². The lowest BCUT2D eigenvalue weighted by Crippen LogP contribution is -2.41. The van der Waals surface area contributed by atoms with Crippen LogP contribution in [0.2, 0.25) is 0 Å². The Morgan fingerprint density at radius 2 is 2.00 bits per heavy atom. The van der Waals surface area contributed by atoms with Gasteiger partial charge in [0.1, 0.15) is 11.9 Å². The summed E-state index contributed by atoms with van der Waals surface area (Å²) >= 11 is 0. The van der Waals surface area contributed by atoms with Gasteiger partial charge in [0.15, 0.2) is 0 Å². The standard InChI is InChI=1S/C11H20N2O5/c1-11(2,3)18-10(17)13-8(7-14)4-5-12-6-9(15)16/h7-8,12H,4-6H2,1-3H3,(H,13,17)(H,15,16). The number of carbonyl (C=O) groups excluding carboxylic acids is 2. The number of carboxylic acid groups (broad SMARTS) is 1. The summed E-state index contributed by atoms with van der Waals surface area (Å²) in [5.74, 6) is -0.974. The van der Waals surface area contributed by atoms with Gasteiger partial charge in [-0.25, -0.2) is 4.79 Å². The van der Waals surface area contributed by atoms with Gasteiger partial charge in [0.25, 0.3) is 0 Å². The second kappa shape index (κ2) is 7.65. The van der Waals surface area contributed by atoms with Gasteiger partial charge >= 0.3 is 12.1 Å². The van der Waals surface area contributed by atoms with Crippen molar-refractivity contribution in [2.75, 3.05) is 13.1 Å². The van der Waals surface area contributed by atoms with Crippen molar-refractivity contribution in [2.24, 2.45) is 0 Å². The molecule has 0 bridgehead atoms. The number of nitrogens with one attached hydrogen (secondary N) is 2. The number of hydrogen-bond donors (Lipinski definition) is 3. The Balaban J connectivity index is 3.93. The molecule has 0 aromatic carbocycles. The molecule has 0 spiro atoms. The summed E-state index contributed by atoms with van der Waals surface area (Å²) in [4.78, 5) is 32.3. The number of carbonyl (C=O) groups is 3. The highest BCUT2D eigenvalue weighted by Crippen LogP contribution is 2.06. The van der Waals surface area contributed by atoms with E-state index in [4.69, 9.17) is 9.84 Å². The van der Waals surface area contributed by atoms with Crippen LogP contribution in [0.15, 0.2) is 0 Å². The molecule has 1 atom stereocenters. The number of amides is 1. The molecule has 104 valence electrons. The van der Waals surface area contributed by atoms with Crippen LogP contribution in [-0.2, 0) is 14.3 Å². The predicted octanol–water partition coefficient (Wildman–Crippen LogP) is 0.143. The molecule has 0 saturated carbocycles. The molecule has 0 aliphatic heterocycles. The Labute approximate surface area is 106 Å². The summed E-state index contributed by atoms with van der Waals surface area (Å²) in [6, 6.07) is -0.693. The molecule has 0 aliphatic carbocycles. The summed E-state index contributed by atoms with van der Waals surface area (Å²) in [7, 11) is 0. The van der Waals surface area contributed by atoms with E-state index in [1.807, 2.05) is 0 Å². The third-order valence-corrected chi connectivity index (χ3v) is 1.77. The number of carboxylic acids is 1. The fourth-order valence-electron chi connectivity index (χ4n) is 1.09. The lowest BCUT2D eigenvalue weighted by molar-refractivity contribution is -0.135. The maximum Gasteiger partial charge on any atom is 0.408 e. The van der Waals surface area contributed by atoms with E-state index in [1.165, 1.54) is 0 Å². The van der Waals surface area contributed by atoms with Gasteiger partial charge in [-0.05, 0) is 33.7 Å². The highest BCUT2D eigenvalue weighted by molar-refractivity contribution is 5.73. The lowest BCUT2D eigenvalue weighted by Gasteiger charge is -2.21. The van der Waals surface area contributed by atoms with E-state index in [1.54, 1.807) is 20.8 Å². The molecule has 0 saturated heterocycles. The molecule has 1 unspecified atom stereocenters. The van der Waals surface area contributed by atoms with Crippen LogP contribution in [-0.4, -0.2) is 48.2 Å². The van der Waals surface area contributed by atoms with E-state index in [0.717, 1.165) is 0 Å². The van der Waals surface area contributed by atoms with Gasteiger partial charge in [-0.2, -0.15) is 0 Å². The van der Waals surface area contributed by atoms with E-state index < -0.39 is 23.7 Å². The van der Waals surface area contributed by atoms with E-state index >= 15 is 0 Å². The maximum absolute atomic E-state index is 11.4. The molecule has 7 heteroatoms. The molecule has 0 rings (SSSR count). The maximum atomic E-state index is 11.4. The van der Waals surface area contributed by atoms with Crippen molar-refractivity contribution >= 4 is 18.3 Å². The second-order valence-corrected chi connectivity index (χ2v) is 4.75. The Morgan fingerprint density at radius 3 is 2.44 bits per heavy atom. The van der Waals surface area contributed by atoms with Crippen molar-refractivity contribution in [3.63, 3.8) is 0 Å². The topological polar surface area (TPSA) is 105 Å². The Morgan fingerprint density at radius 1 is 1.39 bits per heavy atom. The van der Waals surface area contributed by atoms with Gasteiger partial charge in [-0.15, -0.1) is 0 Å². The van der Waals surface area contributed by atoms with Crippen LogP contribution >= 0.6 is 0 Å². The lowest BCUT2D eigenvalue weighted by atomic mass is 10.2. The number of aliphatic carboxylic acids is 1. The van der Waals surface area contributed by atoms with Crippen molar-refractivity contribution in [3.8, 4) is 0 Å². The zero-order valence-electron chi connectivity index (χ0n) is 10.9. The van der Waals surface area contributed by atoms with Gasteiger partial charge in [0.05, 0.1) is 12.6 Å².